The molecule has 54 valence electrons. The molecule has 0 radical (unpaired) electrons. The first-order valence-corrected chi connectivity index (χ1v) is 5.08. The maximum absolute atomic E-state index is 5.60. The van der Waals surface area contributed by atoms with Crippen molar-refractivity contribution in [1.82, 2.24) is 0 Å². The van der Waals surface area contributed by atoms with E-state index in [1.165, 1.54) is 28.3 Å². The van der Waals surface area contributed by atoms with E-state index < -0.39 is 0 Å². The fraction of sp³-hybridized carbons (Fsp3) is 0.250. The van der Waals surface area contributed by atoms with Crippen molar-refractivity contribution in [2.45, 2.75) is 12.5 Å². The molecule has 0 aliphatic heterocycles. The number of aryl methyl sites for hydroxylation is 1. The normalized spacial score (nSPS) is 10.0. The Labute approximate surface area is 64.7 Å². The van der Waals surface area contributed by atoms with Crippen LogP contribution in [0.3, 0.4) is 0 Å². The molecule has 0 saturated carbocycles. The highest BCUT2D eigenvalue weighted by Gasteiger charge is 1.89. The molecule has 0 atom stereocenters. The smallest absolute Gasteiger partial charge is 0.0316 e. The molecule has 10 heavy (non-hydrogen) atoms. The van der Waals surface area contributed by atoms with Crippen LogP contribution in [0.1, 0.15) is 5.56 Å². The highest BCUT2D eigenvalue weighted by Crippen LogP contribution is 2.07. The summed E-state index contributed by atoms with van der Waals surface area (Å²) in [6.45, 7) is 0. The number of benzene rings is 1. The lowest BCUT2D eigenvalue weighted by Crippen LogP contribution is -1.87. The van der Waals surface area contributed by atoms with Gasteiger partial charge in [0.05, 0.1) is 0 Å². The lowest BCUT2D eigenvalue weighted by molar-refractivity contribution is 1.13. The van der Waals surface area contributed by atoms with Crippen molar-refractivity contribution < 1.29 is 0 Å². The van der Waals surface area contributed by atoms with Gasteiger partial charge in [0.25, 0.3) is 0 Å². The summed E-state index contributed by atoms with van der Waals surface area (Å²) in [4.78, 5) is 0. The number of hydrogen-bond donors (Lipinski definition) is 1. The Kier molecular flexibility index (Phi) is 2.51. The number of nitrogen functional groups attached to an aromatic ring is 1. The van der Waals surface area contributed by atoms with Gasteiger partial charge < -0.3 is 5.73 Å². The predicted octanol–water partition coefficient (Wildman–Crippen LogP) is 0.595. The SMILES string of the molecule is Nc1cccc(CC[SiH3])c1. The van der Waals surface area contributed by atoms with E-state index in [4.69, 9.17) is 5.73 Å². The van der Waals surface area contributed by atoms with Gasteiger partial charge in [0.15, 0.2) is 0 Å². The van der Waals surface area contributed by atoms with Crippen LogP contribution in [0.15, 0.2) is 24.3 Å². The van der Waals surface area contributed by atoms with E-state index in [9.17, 15) is 0 Å². The van der Waals surface area contributed by atoms with E-state index >= 15 is 0 Å². The van der Waals surface area contributed by atoms with E-state index in [0.29, 0.717) is 0 Å². The van der Waals surface area contributed by atoms with E-state index in [0.717, 1.165) is 5.69 Å². The molecule has 0 amide bonds. The minimum Gasteiger partial charge on any atom is -0.399 e. The summed E-state index contributed by atoms with van der Waals surface area (Å²) in [5.41, 5.74) is 7.85. The lowest BCUT2D eigenvalue weighted by Gasteiger charge is -1.97. The fourth-order valence-corrected chi connectivity index (χ4v) is 1.61. The van der Waals surface area contributed by atoms with Gasteiger partial charge in [-0.25, -0.2) is 0 Å². The van der Waals surface area contributed by atoms with Crippen LogP contribution in [0, 0.1) is 0 Å². The van der Waals surface area contributed by atoms with Crippen molar-refractivity contribution in [1.29, 1.82) is 0 Å². The van der Waals surface area contributed by atoms with Crippen LogP contribution < -0.4 is 5.73 Å². The third-order valence-corrected chi connectivity index (χ3v) is 1.99. The first kappa shape index (κ1) is 7.35. The number of nitrogens with two attached hydrogens (primary N) is 1. The summed E-state index contributed by atoms with van der Waals surface area (Å²) >= 11 is 0. The number of rotatable bonds is 2. The van der Waals surface area contributed by atoms with Crippen LogP contribution in [0.4, 0.5) is 5.69 Å². The third-order valence-electron chi connectivity index (χ3n) is 1.49. The molecule has 0 unspecified atom stereocenters. The van der Waals surface area contributed by atoms with Crippen molar-refractivity contribution >= 4 is 15.9 Å². The van der Waals surface area contributed by atoms with Crippen LogP contribution in [0.2, 0.25) is 6.04 Å². The Balaban J connectivity index is 2.75. The molecule has 0 saturated heterocycles. The zero-order valence-electron chi connectivity index (χ0n) is 6.30. The Morgan fingerprint density at radius 1 is 1.40 bits per heavy atom. The Bertz CT molecular complexity index is 210. The minimum atomic E-state index is 0.882. The molecule has 0 aromatic heterocycles. The number of anilines is 1. The molecule has 1 aromatic carbocycles. The van der Waals surface area contributed by atoms with Crippen LogP contribution in [0.25, 0.3) is 0 Å². The van der Waals surface area contributed by atoms with Gasteiger partial charge in [-0.15, -0.1) is 0 Å². The summed E-state index contributed by atoms with van der Waals surface area (Å²) < 4.78 is 0. The summed E-state index contributed by atoms with van der Waals surface area (Å²) in [6.07, 6.45) is 1.19. The van der Waals surface area contributed by atoms with Crippen LogP contribution in [0.5, 0.6) is 0 Å². The molecule has 0 aliphatic carbocycles. The molecular weight excluding hydrogens is 138 g/mol. The van der Waals surface area contributed by atoms with Crippen molar-refractivity contribution in [3.05, 3.63) is 29.8 Å². The summed E-state index contributed by atoms with van der Waals surface area (Å²) in [7, 11) is 1.28. The van der Waals surface area contributed by atoms with Crippen LogP contribution in [-0.4, -0.2) is 10.2 Å². The van der Waals surface area contributed by atoms with Crippen molar-refractivity contribution in [2.24, 2.45) is 0 Å². The van der Waals surface area contributed by atoms with Gasteiger partial charge in [0, 0.05) is 15.9 Å². The first-order chi connectivity index (χ1) is 4.83. The van der Waals surface area contributed by atoms with Gasteiger partial charge in [0.1, 0.15) is 0 Å². The maximum atomic E-state index is 5.60. The second-order valence-electron chi connectivity index (χ2n) is 2.50. The molecule has 1 nitrogen and oxygen atoms in total. The van der Waals surface area contributed by atoms with Crippen LogP contribution in [-0.2, 0) is 6.42 Å². The van der Waals surface area contributed by atoms with Gasteiger partial charge in [-0.05, 0) is 24.1 Å². The topological polar surface area (TPSA) is 26.0 Å². The fourth-order valence-electron chi connectivity index (χ4n) is 1.04. The molecule has 1 aromatic rings. The third kappa shape index (κ3) is 1.88. The average molecular weight is 151 g/mol. The summed E-state index contributed by atoms with van der Waals surface area (Å²) in [5.74, 6) is 0. The molecular formula is C8H13NSi. The monoisotopic (exact) mass is 151 g/mol. The van der Waals surface area contributed by atoms with E-state index in [1.807, 2.05) is 12.1 Å². The minimum absolute atomic E-state index is 0.882. The lowest BCUT2D eigenvalue weighted by atomic mass is 10.1. The predicted molar refractivity (Wildman–Crippen MR) is 49.3 cm³/mol. The molecule has 0 heterocycles. The second-order valence-corrected chi connectivity index (χ2v) is 3.50. The summed E-state index contributed by atoms with van der Waals surface area (Å²) in [5, 5.41) is 0. The Hall–Kier alpha value is -0.763. The quantitative estimate of drug-likeness (QED) is 0.486. The second kappa shape index (κ2) is 3.42. The summed E-state index contributed by atoms with van der Waals surface area (Å²) in [6, 6.07) is 9.45. The van der Waals surface area contributed by atoms with Gasteiger partial charge in [0.2, 0.25) is 0 Å². The van der Waals surface area contributed by atoms with Crippen LogP contribution >= 0.6 is 0 Å². The first-order valence-electron chi connectivity index (χ1n) is 3.67. The standard InChI is InChI=1S/C8H13NSi/c9-8-3-1-2-7(6-8)4-5-10/h1-3,6H,4-5,9H2,10H3. The largest absolute Gasteiger partial charge is 0.399 e. The van der Waals surface area contributed by atoms with Crippen molar-refractivity contribution in [3.63, 3.8) is 0 Å². The zero-order valence-corrected chi connectivity index (χ0v) is 8.30. The van der Waals surface area contributed by atoms with Crippen molar-refractivity contribution in [2.75, 3.05) is 5.73 Å². The Morgan fingerprint density at radius 3 is 2.80 bits per heavy atom. The molecule has 0 bridgehead atoms. The van der Waals surface area contributed by atoms with Gasteiger partial charge in [-0.3, -0.25) is 0 Å². The Morgan fingerprint density at radius 2 is 2.20 bits per heavy atom. The highest BCUT2D eigenvalue weighted by molar-refractivity contribution is 6.08. The maximum Gasteiger partial charge on any atom is 0.0316 e. The van der Waals surface area contributed by atoms with Gasteiger partial charge >= 0.3 is 0 Å². The van der Waals surface area contributed by atoms with Crippen molar-refractivity contribution in [3.8, 4) is 0 Å². The van der Waals surface area contributed by atoms with Gasteiger partial charge in [-0.1, -0.05) is 18.2 Å². The zero-order chi connectivity index (χ0) is 7.40. The van der Waals surface area contributed by atoms with Gasteiger partial charge in [-0.2, -0.15) is 0 Å². The molecule has 1 rings (SSSR count). The average Bonchev–Trinajstić information content (AvgIpc) is 1.88. The molecule has 2 N–H and O–H groups in total. The molecule has 0 fully saturated rings. The van der Waals surface area contributed by atoms with E-state index in [2.05, 4.69) is 12.1 Å². The molecule has 0 aliphatic rings. The van der Waals surface area contributed by atoms with E-state index in [-0.39, 0.29) is 0 Å². The highest BCUT2D eigenvalue weighted by atomic mass is 28.1. The molecule has 2 heteroatoms. The number of hydrogen-bond acceptors (Lipinski definition) is 1. The molecule has 0 spiro atoms. The van der Waals surface area contributed by atoms with E-state index in [1.54, 1.807) is 0 Å².